The van der Waals surface area contributed by atoms with Gasteiger partial charge in [-0.05, 0) is 13.8 Å². The molecule has 0 fully saturated rings. The molecule has 1 aromatic rings. The molecular weight excluding hydrogens is 222 g/mol. The van der Waals surface area contributed by atoms with Crippen LogP contribution in [0.25, 0.3) is 0 Å². The molecule has 0 aliphatic carbocycles. The summed E-state index contributed by atoms with van der Waals surface area (Å²) in [5.74, 6) is -0.430. The van der Waals surface area contributed by atoms with Gasteiger partial charge in [-0.3, -0.25) is 9.48 Å². The standard InChI is InChI=1S/C11H19N3O3/c1-7(5-15)6-17-10(16)4-14-9(3)11(12)8(2)13-14/h7,15H,4-6,12H2,1-3H3. The molecule has 96 valence electrons. The number of aliphatic hydroxyl groups excluding tert-OH is 1. The number of esters is 1. The van der Waals surface area contributed by atoms with Crippen LogP contribution in [0.3, 0.4) is 0 Å². The van der Waals surface area contributed by atoms with E-state index in [1.807, 2.05) is 0 Å². The summed E-state index contributed by atoms with van der Waals surface area (Å²) >= 11 is 0. The number of nitrogens with two attached hydrogens (primary N) is 1. The minimum absolute atomic E-state index is 0.000133. The maximum Gasteiger partial charge on any atom is 0.327 e. The molecule has 0 saturated carbocycles. The van der Waals surface area contributed by atoms with Gasteiger partial charge in [-0.25, -0.2) is 0 Å². The number of aryl methyl sites for hydroxylation is 1. The molecule has 1 atom stereocenters. The fourth-order valence-corrected chi connectivity index (χ4v) is 1.32. The third-order valence-electron chi connectivity index (χ3n) is 2.56. The molecule has 1 rings (SSSR count). The van der Waals surface area contributed by atoms with E-state index in [1.165, 1.54) is 4.68 Å². The molecule has 17 heavy (non-hydrogen) atoms. The zero-order chi connectivity index (χ0) is 13.0. The zero-order valence-corrected chi connectivity index (χ0v) is 10.4. The highest BCUT2D eigenvalue weighted by atomic mass is 16.5. The number of rotatable bonds is 5. The molecule has 6 heteroatoms. The molecular formula is C11H19N3O3. The van der Waals surface area contributed by atoms with Crippen molar-refractivity contribution < 1.29 is 14.6 Å². The molecule has 0 spiro atoms. The highest BCUT2D eigenvalue weighted by Crippen LogP contribution is 2.14. The molecule has 0 aromatic carbocycles. The first-order valence-corrected chi connectivity index (χ1v) is 5.51. The molecule has 0 amide bonds. The second-order valence-corrected chi connectivity index (χ2v) is 4.21. The summed E-state index contributed by atoms with van der Waals surface area (Å²) in [7, 11) is 0. The Balaban J connectivity index is 2.54. The number of hydrogen-bond acceptors (Lipinski definition) is 5. The lowest BCUT2D eigenvalue weighted by Crippen LogP contribution is -2.19. The fourth-order valence-electron chi connectivity index (χ4n) is 1.32. The summed E-state index contributed by atoms with van der Waals surface area (Å²) < 4.78 is 6.53. The molecule has 0 saturated heterocycles. The van der Waals surface area contributed by atoms with Crippen LogP contribution in [0.5, 0.6) is 0 Å². The van der Waals surface area contributed by atoms with Crippen LogP contribution in [0, 0.1) is 19.8 Å². The first-order valence-electron chi connectivity index (χ1n) is 5.51. The van der Waals surface area contributed by atoms with Gasteiger partial charge >= 0.3 is 5.97 Å². The van der Waals surface area contributed by atoms with Crippen molar-refractivity contribution >= 4 is 11.7 Å². The maximum atomic E-state index is 11.5. The first kappa shape index (κ1) is 13.5. The van der Waals surface area contributed by atoms with E-state index in [0.29, 0.717) is 11.4 Å². The fraction of sp³-hybridized carbons (Fsp3) is 0.636. The van der Waals surface area contributed by atoms with Crippen LogP contribution < -0.4 is 5.73 Å². The third kappa shape index (κ3) is 3.45. The number of aliphatic hydroxyl groups is 1. The topological polar surface area (TPSA) is 90.4 Å². The van der Waals surface area contributed by atoms with Crippen molar-refractivity contribution in [1.82, 2.24) is 9.78 Å². The van der Waals surface area contributed by atoms with E-state index < -0.39 is 0 Å². The van der Waals surface area contributed by atoms with Crippen molar-refractivity contribution in [1.29, 1.82) is 0 Å². The molecule has 0 aliphatic rings. The molecule has 3 N–H and O–H groups in total. The first-order chi connectivity index (χ1) is 7.95. The van der Waals surface area contributed by atoms with Crippen molar-refractivity contribution in [2.75, 3.05) is 18.9 Å². The van der Waals surface area contributed by atoms with Crippen molar-refractivity contribution in [2.24, 2.45) is 5.92 Å². The van der Waals surface area contributed by atoms with Gasteiger partial charge in [0.2, 0.25) is 0 Å². The number of carbonyl (C=O) groups is 1. The Morgan fingerprint density at radius 1 is 1.59 bits per heavy atom. The highest BCUT2D eigenvalue weighted by molar-refractivity contribution is 5.69. The molecule has 6 nitrogen and oxygen atoms in total. The van der Waals surface area contributed by atoms with Crippen molar-refractivity contribution in [3.63, 3.8) is 0 Å². The second kappa shape index (κ2) is 5.67. The average Bonchev–Trinajstić information content (AvgIpc) is 2.54. The average molecular weight is 241 g/mol. The Hall–Kier alpha value is -1.56. The van der Waals surface area contributed by atoms with Gasteiger partial charge in [0.25, 0.3) is 0 Å². The van der Waals surface area contributed by atoms with E-state index in [1.54, 1.807) is 20.8 Å². The van der Waals surface area contributed by atoms with Crippen LogP contribution in [0.15, 0.2) is 0 Å². The largest absolute Gasteiger partial charge is 0.464 e. The maximum absolute atomic E-state index is 11.5. The smallest absolute Gasteiger partial charge is 0.327 e. The number of carbonyl (C=O) groups excluding carboxylic acids is 1. The number of nitrogen functional groups attached to an aromatic ring is 1. The van der Waals surface area contributed by atoms with Gasteiger partial charge in [-0.15, -0.1) is 0 Å². The van der Waals surface area contributed by atoms with Crippen LogP contribution in [0.1, 0.15) is 18.3 Å². The molecule has 0 radical (unpaired) electrons. The number of ether oxygens (including phenoxy) is 1. The molecule has 1 unspecified atom stereocenters. The third-order valence-corrected chi connectivity index (χ3v) is 2.56. The SMILES string of the molecule is Cc1nn(CC(=O)OCC(C)CO)c(C)c1N. The quantitative estimate of drug-likeness (QED) is 0.721. The van der Waals surface area contributed by atoms with Crippen LogP contribution in [-0.2, 0) is 16.1 Å². The molecule has 1 heterocycles. The monoisotopic (exact) mass is 241 g/mol. The van der Waals surface area contributed by atoms with E-state index >= 15 is 0 Å². The Bertz CT molecular complexity index is 401. The van der Waals surface area contributed by atoms with Crippen LogP contribution in [-0.4, -0.2) is 34.1 Å². The minimum Gasteiger partial charge on any atom is -0.464 e. The lowest BCUT2D eigenvalue weighted by Gasteiger charge is -2.09. The van der Waals surface area contributed by atoms with E-state index in [4.69, 9.17) is 15.6 Å². The minimum atomic E-state index is -0.379. The summed E-state index contributed by atoms with van der Waals surface area (Å²) in [4.78, 5) is 11.5. The second-order valence-electron chi connectivity index (χ2n) is 4.21. The van der Waals surface area contributed by atoms with Gasteiger partial charge in [0.1, 0.15) is 6.54 Å². The van der Waals surface area contributed by atoms with Gasteiger partial charge in [0.15, 0.2) is 0 Å². The summed E-state index contributed by atoms with van der Waals surface area (Å²) in [6.45, 7) is 5.65. The number of hydrogen-bond donors (Lipinski definition) is 2. The number of nitrogens with zero attached hydrogens (tertiary/aromatic N) is 2. The van der Waals surface area contributed by atoms with Crippen molar-refractivity contribution in [3.05, 3.63) is 11.4 Å². The van der Waals surface area contributed by atoms with Gasteiger partial charge in [0, 0.05) is 12.5 Å². The summed E-state index contributed by atoms with van der Waals surface area (Å²) in [5.41, 5.74) is 7.82. The van der Waals surface area contributed by atoms with E-state index in [9.17, 15) is 4.79 Å². The van der Waals surface area contributed by atoms with Gasteiger partial charge in [0.05, 0.1) is 23.7 Å². The lowest BCUT2D eigenvalue weighted by molar-refractivity contribution is -0.146. The van der Waals surface area contributed by atoms with Crippen LogP contribution in [0.4, 0.5) is 5.69 Å². The summed E-state index contributed by atoms with van der Waals surface area (Å²) in [6.07, 6.45) is 0. The lowest BCUT2D eigenvalue weighted by atomic mass is 10.2. The molecule has 0 aliphatic heterocycles. The highest BCUT2D eigenvalue weighted by Gasteiger charge is 2.13. The van der Waals surface area contributed by atoms with Gasteiger partial charge < -0.3 is 15.6 Å². The summed E-state index contributed by atoms with van der Waals surface area (Å²) in [5, 5.41) is 12.9. The van der Waals surface area contributed by atoms with Gasteiger partial charge in [-0.1, -0.05) is 6.92 Å². The predicted molar refractivity (Wildman–Crippen MR) is 63.3 cm³/mol. The van der Waals surface area contributed by atoms with E-state index in [-0.39, 0.29) is 31.6 Å². The van der Waals surface area contributed by atoms with Crippen molar-refractivity contribution in [3.8, 4) is 0 Å². The normalized spacial score (nSPS) is 12.5. The van der Waals surface area contributed by atoms with Crippen LogP contribution >= 0.6 is 0 Å². The Morgan fingerprint density at radius 2 is 2.24 bits per heavy atom. The Kier molecular flexibility index (Phi) is 4.51. The van der Waals surface area contributed by atoms with Gasteiger partial charge in [-0.2, -0.15) is 5.10 Å². The Morgan fingerprint density at radius 3 is 2.71 bits per heavy atom. The predicted octanol–water partition coefficient (Wildman–Crippen LogP) is 0.254. The number of anilines is 1. The number of aromatic nitrogens is 2. The van der Waals surface area contributed by atoms with E-state index in [2.05, 4.69) is 5.10 Å². The Labute approximate surface area is 100 Å². The van der Waals surface area contributed by atoms with Crippen LogP contribution in [0.2, 0.25) is 0 Å². The van der Waals surface area contributed by atoms with Crippen molar-refractivity contribution in [2.45, 2.75) is 27.3 Å². The molecule has 1 aromatic heterocycles. The zero-order valence-electron chi connectivity index (χ0n) is 10.4. The van der Waals surface area contributed by atoms with E-state index in [0.717, 1.165) is 5.69 Å². The molecule has 0 bridgehead atoms. The summed E-state index contributed by atoms with van der Waals surface area (Å²) in [6, 6.07) is 0.